The van der Waals surface area contributed by atoms with Crippen molar-refractivity contribution in [3.8, 4) is 11.8 Å². The largest absolute Gasteiger partial charge is 0.292 e. The van der Waals surface area contributed by atoms with Gasteiger partial charge in [0.25, 0.3) is 0 Å². The van der Waals surface area contributed by atoms with Crippen molar-refractivity contribution in [2.45, 2.75) is 52.9 Å². The average Bonchev–Trinajstić information content (AvgIpc) is 2.27. The summed E-state index contributed by atoms with van der Waals surface area (Å²) in [6.07, 6.45) is 9.17. The van der Waals surface area contributed by atoms with E-state index in [-0.39, 0.29) is 5.78 Å². The van der Waals surface area contributed by atoms with E-state index in [4.69, 9.17) is 0 Å². The Bertz CT molecular complexity index is 503. The maximum Gasteiger partial charge on any atom is 0.184 e. The van der Waals surface area contributed by atoms with Gasteiger partial charge in [-0.15, -0.1) is 0 Å². The van der Waals surface area contributed by atoms with Crippen LogP contribution in [0.2, 0.25) is 0 Å². The maximum atomic E-state index is 12.4. The van der Waals surface area contributed by atoms with Crippen molar-refractivity contribution in [3.05, 3.63) is 0 Å². The Labute approximate surface area is 118 Å². The summed E-state index contributed by atoms with van der Waals surface area (Å²) < 4.78 is 12.3. The Morgan fingerprint density at radius 2 is 1.63 bits per heavy atom. The lowest BCUT2D eigenvalue weighted by Crippen LogP contribution is -2.32. The van der Waals surface area contributed by atoms with E-state index in [9.17, 15) is 9.00 Å². The van der Waals surface area contributed by atoms with E-state index in [1.165, 1.54) is 19.3 Å². The van der Waals surface area contributed by atoms with Gasteiger partial charge in [0.2, 0.25) is 0 Å². The van der Waals surface area contributed by atoms with Crippen molar-refractivity contribution < 1.29 is 9.00 Å². The van der Waals surface area contributed by atoms with E-state index in [1.807, 2.05) is 20.8 Å². The molecular formula is C16H26O2S. The lowest BCUT2D eigenvalue weighted by molar-refractivity contribution is -0.119. The summed E-state index contributed by atoms with van der Waals surface area (Å²) >= 11 is 0. The molecule has 3 heteroatoms. The summed E-state index contributed by atoms with van der Waals surface area (Å²) in [5, 5.41) is 0. The van der Waals surface area contributed by atoms with Gasteiger partial charge in [0.15, 0.2) is 5.78 Å². The first-order chi connectivity index (χ1) is 8.62. The van der Waals surface area contributed by atoms with Crippen LogP contribution in [0, 0.1) is 23.2 Å². The molecule has 0 N–H and O–H groups in total. The molecule has 0 unspecified atom stereocenters. The van der Waals surface area contributed by atoms with Gasteiger partial charge in [-0.3, -0.25) is 9.00 Å². The molecule has 0 spiro atoms. The molecular weight excluding hydrogens is 256 g/mol. The van der Waals surface area contributed by atoms with Crippen LogP contribution in [0.3, 0.4) is 0 Å². The summed E-state index contributed by atoms with van der Waals surface area (Å²) in [6.45, 7) is 5.55. The van der Waals surface area contributed by atoms with Gasteiger partial charge in [-0.25, -0.2) is 0 Å². The highest BCUT2D eigenvalue weighted by molar-refractivity contribution is 8.02. The predicted molar refractivity (Wildman–Crippen MR) is 83.8 cm³/mol. The number of carbonyl (C=O) groups is 1. The molecule has 1 fully saturated rings. The van der Waals surface area contributed by atoms with Crippen LogP contribution in [0.15, 0.2) is 0 Å². The number of hydrogen-bond donors (Lipinski definition) is 0. The minimum Gasteiger partial charge on any atom is -0.292 e. The van der Waals surface area contributed by atoms with Crippen LogP contribution in [0.25, 0.3) is 0 Å². The molecule has 0 aliphatic heterocycles. The topological polar surface area (TPSA) is 34.1 Å². The van der Waals surface area contributed by atoms with Gasteiger partial charge in [-0.2, -0.15) is 0 Å². The molecule has 2 nitrogen and oxygen atoms in total. The smallest absolute Gasteiger partial charge is 0.184 e. The minimum atomic E-state index is -2.30. The van der Waals surface area contributed by atoms with Crippen molar-refractivity contribution in [1.29, 1.82) is 0 Å². The zero-order chi connectivity index (χ0) is 14.7. The second kappa shape index (κ2) is 6.13. The monoisotopic (exact) mass is 282 g/mol. The Morgan fingerprint density at radius 1 is 1.11 bits per heavy atom. The molecule has 0 radical (unpaired) electrons. The lowest BCUT2D eigenvalue weighted by atomic mass is 9.87. The summed E-state index contributed by atoms with van der Waals surface area (Å²) in [5.74, 6) is 6.47. The third-order valence-corrected chi connectivity index (χ3v) is 4.64. The van der Waals surface area contributed by atoms with Gasteiger partial charge in [-0.05, 0) is 22.4 Å². The van der Waals surface area contributed by atoms with Crippen molar-refractivity contribution in [3.63, 3.8) is 0 Å². The zero-order valence-corrected chi connectivity index (χ0v) is 13.7. The minimum absolute atomic E-state index is 0.0780. The van der Waals surface area contributed by atoms with Crippen molar-refractivity contribution in [2.24, 2.45) is 11.3 Å². The van der Waals surface area contributed by atoms with Gasteiger partial charge < -0.3 is 0 Å². The molecule has 0 atom stereocenters. The fraction of sp³-hybridized carbons (Fsp3) is 0.750. The molecule has 0 heterocycles. The first-order valence-electron chi connectivity index (χ1n) is 7.00. The van der Waals surface area contributed by atoms with Gasteiger partial charge in [0, 0.05) is 23.8 Å². The molecule has 1 rings (SSSR count). The SMILES string of the molecule is CC(C)(C)C(=O)C(C#CC1CCCCC1)=S(C)(C)=O. The first-order valence-corrected chi connectivity index (χ1v) is 9.37. The third kappa shape index (κ3) is 5.03. The van der Waals surface area contributed by atoms with Crippen LogP contribution in [0.1, 0.15) is 52.9 Å². The second-order valence-corrected chi connectivity index (χ2v) is 9.62. The predicted octanol–water partition coefficient (Wildman–Crippen LogP) is 2.90. The summed E-state index contributed by atoms with van der Waals surface area (Å²) in [6, 6.07) is 0. The molecule has 0 saturated heterocycles. The fourth-order valence-electron chi connectivity index (χ4n) is 2.16. The number of ketones is 1. The zero-order valence-electron chi connectivity index (χ0n) is 12.8. The molecule has 1 saturated carbocycles. The van der Waals surface area contributed by atoms with E-state index in [2.05, 4.69) is 11.8 Å². The van der Waals surface area contributed by atoms with Crippen LogP contribution < -0.4 is 0 Å². The standard InChI is InChI=1S/C16H26O2S/c1-16(2,3)15(17)14(19(4,5)18)12-11-13-9-7-6-8-10-13/h13H,6-10H2,1-5H3. The number of carbonyl (C=O) groups excluding carboxylic acids is 1. The Balaban J connectivity index is 3.06. The lowest BCUT2D eigenvalue weighted by Gasteiger charge is -2.18. The molecule has 108 valence electrons. The van der Waals surface area contributed by atoms with Gasteiger partial charge >= 0.3 is 0 Å². The number of rotatable bonds is 1. The summed E-state index contributed by atoms with van der Waals surface area (Å²) in [4.78, 5) is 12.7. The quantitative estimate of drug-likeness (QED) is 0.547. The fourth-order valence-corrected chi connectivity index (χ4v) is 3.22. The number of hydrogen-bond acceptors (Lipinski definition) is 2. The first kappa shape index (κ1) is 16.3. The van der Waals surface area contributed by atoms with E-state index in [0.717, 1.165) is 12.8 Å². The molecule has 0 aromatic rings. The van der Waals surface area contributed by atoms with E-state index >= 15 is 0 Å². The third-order valence-electron chi connectivity index (χ3n) is 3.37. The molecule has 0 bridgehead atoms. The van der Waals surface area contributed by atoms with Gasteiger partial charge in [0.1, 0.15) is 4.86 Å². The van der Waals surface area contributed by atoms with Gasteiger partial charge in [0.05, 0.1) is 0 Å². The van der Waals surface area contributed by atoms with Crippen molar-refractivity contribution in [2.75, 3.05) is 12.5 Å². The van der Waals surface area contributed by atoms with Crippen LogP contribution in [-0.2, 0) is 14.3 Å². The highest BCUT2D eigenvalue weighted by Crippen LogP contribution is 2.23. The Morgan fingerprint density at radius 3 is 2.05 bits per heavy atom. The molecule has 0 aromatic carbocycles. The van der Waals surface area contributed by atoms with Crippen molar-refractivity contribution in [1.82, 2.24) is 0 Å². The van der Waals surface area contributed by atoms with Crippen LogP contribution in [0.4, 0.5) is 0 Å². The normalized spacial score (nSPS) is 17.5. The second-order valence-electron chi connectivity index (χ2n) is 6.75. The maximum absolute atomic E-state index is 12.4. The Hall–Kier alpha value is -0.750. The summed E-state index contributed by atoms with van der Waals surface area (Å²) in [5.41, 5.74) is -0.523. The molecule has 0 amide bonds. The summed E-state index contributed by atoms with van der Waals surface area (Å²) in [7, 11) is -2.30. The highest BCUT2D eigenvalue weighted by Gasteiger charge is 2.27. The Kier molecular flexibility index (Phi) is 5.26. The molecule has 1 aliphatic carbocycles. The van der Waals surface area contributed by atoms with E-state index in [1.54, 1.807) is 12.5 Å². The molecule has 1 aliphatic rings. The number of Topliss-reactive ketones (excluding diaryl/α,β-unsaturated/α-hetero) is 1. The van der Waals surface area contributed by atoms with E-state index < -0.39 is 14.9 Å². The molecule has 19 heavy (non-hydrogen) atoms. The van der Waals surface area contributed by atoms with Crippen LogP contribution in [0.5, 0.6) is 0 Å². The van der Waals surface area contributed by atoms with Crippen molar-refractivity contribution >= 4 is 20.2 Å². The highest BCUT2D eigenvalue weighted by atomic mass is 32.2. The van der Waals surface area contributed by atoms with E-state index in [0.29, 0.717) is 10.8 Å². The molecule has 0 aromatic heterocycles. The van der Waals surface area contributed by atoms with Crippen LogP contribution in [-0.4, -0.2) is 27.4 Å². The van der Waals surface area contributed by atoms with Crippen LogP contribution >= 0.6 is 0 Å². The average molecular weight is 282 g/mol. The van der Waals surface area contributed by atoms with Gasteiger partial charge in [-0.1, -0.05) is 51.9 Å².